The zero-order chi connectivity index (χ0) is 12.4. The first-order valence-corrected chi connectivity index (χ1v) is 5.68. The predicted molar refractivity (Wildman–Crippen MR) is 65.7 cm³/mol. The Bertz CT molecular complexity index is 490. The highest BCUT2D eigenvalue weighted by atomic mass is 16.2. The van der Waals surface area contributed by atoms with Gasteiger partial charge in [-0.2, -0.15) is 5.26 Å². The molecule has 1 fully saturated rings. The predicted octanol–water partition coefficient (Wildman–Crippen LogP) is 1.19. The number of piperazine rings is 1. The number of carbonyl (C=O) groups excluding carboxylic acids is 1. The van der Waals surface area contributed by atoms with Crippen LogP contribution in [0.15, 0.2) is 18.2 Å². The zero-order valence-corrected chi connectivity index (χ0v) is 10.0. The van der Waals surface area contributed by atoms with Gasteiger partial charge in [0, 0.05) is 13.1 Å². The fraction of sp³-hybridized carbons (Fsp3) is 0.385. The van der Waals surface area contributed by atoms with E-state index in [4.69, 9.17) is 5.26 Å². The van der Waals surface area contributed by atoms with E-state index >= 15 is 0 Å². The van der Waals surface area contributed by atoms with Crippen LogP contribution in [0.25, 0.3) is 0 Å². The van der Waals surface area contributed by atoms with Crippen LogP contribution in [0.5, 0.6) is 0 Å². The summed E-state index contributed by atoms with van der Waals surface area (Å²) >= 11 is 0. The second-order valence-electron chi connectivity index (χ2n) is 4.29. The number of nitriles is 1. The monoisotopic (exact) mass is 229 g/mol. The van der Waals surface area contributed by atoms with Gasteiger partial charge in [0.15, 0.2) is 0 Å². The van der Waals surface area contributed by atoms with E-state index in [1.807, 2.05) is 36.9 Å². The Kier molecular flexibility index (Phi) is 3.01. The Balaban J connectivity index is 2.40. The molecule has 0 saturated carbocycles. The third-order valence-electron chi connectivity index (χ3n) is 3.08. The Hall–Kier alpha value is -2.02. The zero-order valence-electron chi connectivity index (χ0n) is 10.0. The number of aryl methyl sites for hydroxylation is 1. The molecular formula is C13H15N3O. The first kappa shape index (κ1) is 11.5. The molecule has 1 aliphatic rings. The van der Waals surface area contributed by atoms with Gasteiger partial charge in [-0.3, -0.25) is 4.79 Å². The van der Waals surface area contributed by atoms with Gasteiger partial charge in [-0.05, 0) is 31.5 Å². The number of benzene rings is 1. The average molecular weight is 229 g/mol. The molecule has 1 aromatic carbocycles. The van der Waals surface area contributed by atoms with Crippen LogP contribution in [0, 0.1) is 18.3 Å². The van der Waals surface area contributed by atoms with Crippen molar-refractivity contribution >= 4 is 11.6 Å². The van der Waals surface area contributed by atoms with Crippen LogP contribution in [0.2, 0.25) is 0 Å². The van der Waals surface area contributed by atoms with Gasteiger partial charge in [0.25, 0.3) is 0 Å². The largest absolute Gasteiger partial charge is 0.357 e. The number of nitrogens with one attached hydrogen (secondary N) is 1. The van der Waals surface area contributed by atoms with Crippen molar-refractivity contribution in [2.24, 2.45) is 0 Å². The van der Waals surface area contributed by atoms with Crippen molar-refractivity contribution in [3.05, 3.63) is 29.3 Å². The molecule has 1 amide bonds. The van der Waals surface area contributed by atoms with E-state index < -0.39 is 0 Å². The molecule has 88 valence electrons. The normalized spacial score (nSPS) is 19.7. The minimum absolute atomic E-state index is 0.0146. The summed E-state index contributed by atoms with van der Waals surface area (Å²) in [4.78, 5) is 13.6. The molecule has 1 aliphatic heterocycles. The molecule has 0 radical (unpaired) electrons. The number of nitrogens with zero attached hydrogens (tertiary/aromatic N) is 2. The number of anilines is 1. The lowest BCUT2D eigenvalue weighted by atomic mass is 10.1. The van der Waals surface area contributed by atoms with Crippen LogP contribution in [0.4, 0.5) is 5.69 Å². The molecule has 0 aliphatic carbocycles. The van der Waals surface area contributed by atoms with Crippen LogP contribution in [-0.4, -0.2) is 25.0 Å². The molecular weight excluding hydrogens is 214 g/mol. The minimum atomic E-state index is -0.224. The fourth-order valence-corrected chi connectivity index (χ4v) is 2.10. The van der Waals surface area contributed by atoms with E-state index in [1.165, 1.54) is 0 Å². The molecule has 1 N–H and O–H groups in total. The second-order valence-corrected chi connectivity index (χ2v) is 4.29. The van der Waals surface area contributed by atoms with Crippen LogP contribution in [0.1, 0.15) is 18.1 Å². The van der Waals surface area contributed by atoms with Gasteiger partial charge in [-0.25, -0.2) is 0 Å². The molecule has 0 aromatic heterocycles. The van der Waals surface area contributed by atoms with Crippen LogP contribution < -0.4 is 10.2 Å². The molecule has 1 heterocycles. The SMILES string of the molecule is Cc1ccc(N2CCNC(=O)C2C)c(C#N)c1. The lowest BCUT2D eigenvalue weighted by Gasteiger charge is -2.35. The number of carbonyl (C=O) groups is 1. The van der Waals surface area contributed by atoms with Crippen LogP contribution in [-0.2, 0) is 4.79 Å². The lowest BCUT2D eigenvalue weighted by Crippen LogP contribution is -2.54. The van der Waals surface area contributed by atoms with Gasteiger partial charge in [0.2, 0.25) is 5.91 Å². The van der Waals surface area contributed by atoms with Gasteiger partial charge in [0.1, 0.15) is 12.1 Å². The molecule has 1 saturated heterocycles. The Morgan fingerprint density at radius 3 is 3.00 bits per heavy atom. The third-order valence-corrected chi connectivity index (χ3v) is 3.08. The summed E-state index contributed by atoms with van der Waals surface area (Å²) in [6.07, 6.45) is 0. The topological polar surface area (TPSA) is 56.1 Å². The maximum atomic E-state index is 11.6. The molecule has 0 bridgehead atoms. The third kappa shape index (κ3) is 2.09. The summed E-state index contributed by atoms with van der Waals surface area (Å²) in [7, 11) is 0. The number of amides is 1. The van der Waals surface area contributed by atoms with Crippen LogP contribution in [0.3, 0.4) is 0 Å². The Morgan fingerprint density at radius 1 is 1.53 bits per heavy atom. The summed E-state index contributed by atoms with van der Waals surface area (Å²) in [5.41, 5.74) is 2.53. The number of rotatable bonds is 1. The smallest absolute Gasteiger partial charge is 0.242 e. The summed E-state index contributed by atoms with van der Waals surface area (Å²) in [5.74, 6) is 0.0146. The quantitative estimate of drug-likeness (QED) is 0.787. The molecule has 17 heavy (non-hydrogen) atoms. The number of hydrogen-bond acceptors (Lipinski definition) is 3. The van der Waals surface area contributed by atoms with E-state index in [-0.39, 0.29) is 11.9 Å². The van der Waals surface area contributed by atoms with Gasteiger partial charge in [-0.15, -0.1) is 0 Å². The van der Waals surface area contributed by atoms with Crippen molar-refractivity contribution in [2.75, 3.05) is 18.0 Å². The minimum Gasteiger partial charge on any atom is -0.357 e. The van der Waals surface area contributed by atoms with Gasteiger partial charge in [0.05, 0.1) is 11.3 Å². The lowest BCUT2D eigenvalue weighted by molar-refractivity contribution is -0.122. The van der Waals surface area contributed by atoms with Gasteiger partial charge in [-0.1, -0.05) is 6.07 Å². The van der Waals surface area contributed by atoms with Crippen LogP contribution >= 0.6 is 0 Å². The molecule has 1 unspecified atom stereocenters. The van der Waals surface area contributed by atoms with E-state index in [2.05, 4.69) is 11.4 Å². The maximum Gasteiger partial charge on any atom is 0.242 e. The Morgan fingerprint density at radius 2 is 2.29 bits per heavy atom. The Labute approximate surface area is 101 Å². The van der Waals surface area contributed by atoms with Crippen molar-refractivity contribution in [3.63, 3.8) is 0 Å². The van der Waals surface area contributed by atoms with Crippen molar-refractivity contribution in [1.29, 1.82) is 5.26 Å². The molecule has 0 spiro atoms. The van der Waals surface area contributed by atoms with Crippen molar-refractivity contribution in [2.45, 2.75) is 19.9 Å². The highest BCUT2D eigenvalue weighted by molar-refractivity contribution is 5.86. The maximum absolute atomic E-state index is 11.6. The molecule has 4 heteroatoms. The van der Waals surface area contributed by atoms with Crippen molar-refractivity contribution in [3.8, 4) is 6.07 Å². The summed E-state index contributed by atoms with van der Waals surface area (Å²) in [6.45, 7) is 5.18. The van der Waals surface area contributed by atoms with Gasteiger partial charge >= 0.3 is 0 Å². The highest BCUT2D eigenvalue weighted by Gasteiger charge is 2.26. The van der Waals surface area contributed by atoms with Crippen molar-refractivity contribution < 1.29 is 4.79 Å². The van der Waals surface area contributed by atoms with E-state index in [0.29, 0.717) is 12.1 Å². The number of hydrogen-bond donors (Lipinski definition) is 1. The highest BCUT2D eigenvalue weighted by Crippen LogP contribution is 2.24. The first-order chi connectivity index (χ1) is 8.13. The van der Waals surface area contributed by atoms with Crippen molar-refractivity contribution in [1.82, 2.24) is 5.32 Å². The average Bonchev–Trinajstić information content (AvgIpc) is 2.33. The van der Waals surface area contributed by atoms with E-state index in [0.717, 1.165) is 17.8 Å². The standard InChI is InChI=1S/C13H15N3O/c1-9-3-4-12(11(7-9)8-14)16-6-5-15-13(17)10(16)2/h3-4,7,10H,5-6H2,1-2H3,(H,15,17). The summed E-state index contributed by atoms with van der Waals surface area (Å²) in [6, 6.07) is 7.72. The summed E-state index contributed by atoms with van der Waals surface area (Å²) < 4.78 is 0. The molecule has 4 nitrogen and oxygen atoms in total. The first-order valence-electron chi connectivity index (χ1n) is 5.68. The molecule has 2 rings (SSSR count). The molecule has 1 atom stereocenters. The fourth-order valence-electron chi connectivity index (χ4n) is 2.10. The van der Waals surface area contributed by atoms with E-state index in [1.54, 1.807) is 0 Å². The second kappa shape index (κ2) is 4.46. The van der Waals surface area contributed by atoms with Gasteiger partial charge < -0.3 is 10.2 Å². The van der Waals surface area contributed by atoms with E-state index in [9.17, 15) is 4.79 Å². The summed E-state index contributed by atoms with van der Waals surface area (Å²) in [5, 5.41) is 12.0. The molecule has 1 aromatic rings.